The molecule has 1 heterocycles. The van der Waals surface area contributed by atoms with E-state index in [2.05, 4.69) is 36.4 Å². The second-order valence-electron chi connectivity index (χ2n) is 7.34. The number of benzene rings is 1. The SMILES string of the molecule is O=C1[C@@H]2CC=CC[C@@H]2C(c2ccccc2)=NN1C1CCCCCC1. The van der Waals surface area contributed by atoms with Crippen LogP contribution in [0.3, 0.4) is 0 Å². The molecular formula is C21H26N2O. The Hall–Kier alpha value is -1.90. The van der Waals surface area contributed by atoms with Crippen LogP contribution in [0.2, 0.25) is 0 Å². The molecule has 1 amide bonds. The lowest BCUT2D eigenvalue weighted by molar-refractivity contribution is -0.140. The number of carbonyl (C=O) groups is 1. The van der Waals surface area contributed by atoms with Gasteiger partial charge in [0.05, 0.1) is 17.7 Å². The van der Waals surface area contributed by atoms with Crippen LogP contribution in [-0.2, 0) is 4.79 Å². The van der Waals surface area contributed by atoms with Gasteiger partial charge in [-0.2, -0.15) is 5.10 Å². The summed E-state index contributed by atoms with van der Waals surface area (Å²) in [5.74, 6) is 0.578. The summed E-state index contributed by atoms with van der Waals surface area (Å²) in [7, 11) is 0. The molecule has 2 atom stereocenters. The number of hydrogen-bond acceptors (Lipinski definition) is 2. The molecule has 0 spiro atoms. The molecule has 2 aliphatic carbocycles. The third kappa shape index (κ3) is 2.92. The molecule has 0 saturated heterocycles. The van der Waals surface area contributed by atoms with Gasteiger partial charge in [-0.25, -0.2) is 5.01 Å². The first-order valence-corrected chi connectivity index (χ1v) is 9.46. The molecule has 0 aromatic heterocycles. The molecule has 1 aromatic rings. The largest absolute Gasteiger partial charge is 0.273 e. The van der Waals surface area contributed by atoms with Crippen molar-refractivity contribution < 1.29 is 4.79 Å². The van der Waals surface area contributed by atoms with Gasteiger partial charge in [-0.3, -0.25) is 4.79 Å². The molecule has 126 valence electrons. The number of amides is 1. The van der Waals surface area contributed by atoms with Crippen LogP contribution in [0.5, 0.6) is 0 Å². The fourth-order valence-corrected chi connectivity index (χ4v) is 4.44. The molecule has 3 nitrogen and oxygen atoms in total. The highest BCUT2D eigenvalue weighted by Crippen LogP contribution is 2.36. The topological polar surface area (TPSA) is 32.7 Å². The Morgan fingerprint density at radius 3 is 2.25 bits per heavy atom. The zero-order valence-corrected chi connectivity index (χ0v) is 14.2. The molecule has 3 heteroatoms. The Morgan fingerprint density at radius 1 is 0.875 bits per heavy atom. The quantitative estimate of drug-likeness (QED) is 0.581. The minimum atomic E-state index is 0.0750. The fraction of sp³-hybridized carbons (Fsp3) is 0.524. The van der Waals surface area contributed by atoms with Crippen molar-refractivity contribution in [2.24, 2.45) is 16.9 Å². The number of hydrazone groups is 1. The molecule has 0 unspecified atom stereocenters. The number of hydrogen-bond donors (Lipinski definition) is 0. The molecule has 0 radical (unpaired) electrons. The van der Waals surface area contributed by atoms with E-state index in [1.54, 1.807) is 0 Å². The summed E-state index contributed by atoms with van der Waals surface area (Å²) in [6.07, 6.45) is 13.4. The van der Waals surface area contributed by atoms with E-state index in [1.807, 2.05) is 11.1 Å². The fourth-order valence-electron chi connectivity index (χ4n) is 4.44. The maximum atomic E-state index is 13.1. The first-order chi connectivity index (χ1) is 11.8. The van der Waals surface area contributed by atoms with Crippen molar-refractivity contribution in [3.05, 3.63) is 48.0 Å². The van der Waals surface area contributed by atoms with Crippen LogP contribution in [0.25, 0.3) is 0 Å². The Balaban J connectivity index is 1.72. The monoisotopic (exact) mass is 322 g/mol. The van der Waals surface area contributed by atoms with E-state index in [0.717, 1.165) is 31.4 Å². The number of carbonyl (C=O) groups excluding carboxylic acids is 1. The molecular weight excluding hydrogens is 296 g/mol. The van der Waals surface area contributed by atoms with Crippen molar-refractivity contribution in [3.8, 4) is 0 Å². The summed E-state index contributed by atoms with van der Waals surface area (Å²) in [5, 5.41) is 6.83. The second-order valence-corrected chi connectivity index (χ2v) is 7.34. The molecule has 1 aliphatic heterocycles. The van der Waals surface area contributed by atoms with E-state index in [9.17, 15) is 4.79 Å². The van der Waals surface area contributed by atoms with Gasteiger partial charge in [-0.1, -0.05) is 68.2 Å². The van der Waals surface area contributed by atoms with E-state index in [0.29, 0.717) is 6.04 Å². The molecule has 24 heavy (non-hydrogen) atoms. The third-order valence-corrected chi connectivity index (χ3v) is 5.78. The first kappa shape index (κ1) is 15.6. The van der Waals surface area contributed by atoms with Gasteiger partial charge in [0, 0.05) is 5.92 Å². The standard InChI is InChI=1S/C21H26N2O/c24-21-19-15-9-8-14-18(19)20(16-10-4-3-5-11-16)22-23(21)17-12-6-1-2-7-13-17/h3-5,8-11,17-19H,1-2,6-7,12-15H2/t18-,19+/m0/s1. The summed E-state index contributed by atoms with van der Waals surface area (Å²) in [6.45, 7) is 0. The van der Waals surface area contributed by atoms with Crippen molar-refractivity contribution in [2.75, 3.05) is 0 Å². The maximum absolute atomic E-state index is 13.1. The van der Waals surface area contributed by atoms with Crippen molar-refractivity contribution in [3.63, 3.8) is 0 Å². The van der Waals surface area contributed by atoms with Gasteiger partial charge >= 0.3 is 0 Å². The zero-order chi connectivity index (χ0) is 16.4. The summed E-state index contributed by atoms with van der Waals surface area (Å²) in [6, 6.07) is 10.7. The lowest BCUT2D eigenvalue weighted by atomic mass is 9.76. The number of nitrogens with zero attached hydrogens (tertiary/aromatic N) is 2. The van der Waals surface area contributed by atoms with Crippen LogP contribution in [0, 0.1) is 11.8 Å². The van der Waals surface area contributed by atoms with Crippen molar-refractivity contribution in [2.45, 2.75) is 57.4 Å². The average molecular weight is 322 g/mol. The molecule has 1 fully saturated rings. The summed E-state index contributed by atoms with van der Waals surface area (Å²) < 4.78 is 0. The highest BCUT2D eigenvalue weighted by atomic mass is 16.2. The van der Waals surface area contributed by atoms with Crippen LogP contribution in [0.4, 0.5) is 0 Å². The van der Waals surface area contributed by atoms with Crippen molar-refractivity contribution in [1.29, 1.82) is 0 Å². The molecule has 0 bridgehead atoms. The van der Waals surface area contributed by atoms with Crippen LogP contribution in [-0.4, -0.2) is 22.7 Å². The highest BCUT2D eigenvalue weighted by molar-refractivity contribution is 6.06. The minimum Gasteiger partial charge on any atom is -0.273 e. The van der Waals surface area contributed by atoms with E-state index in [4.69, 9.17) is 5.10 Å². The van der Waals surface area contributed by atoms with E-state index in [1.165, 1.54) is 31.2 Å². The van der Waals surface area contributed by atoms with Crippen molar-refractivity contribution >= 4 is 11.6 Å². The first-order valence-electron chi connectivity index (χ1n) is 9.46. The summed E-state index contributed by atoms with van der Waals surface area (Å²) in [4.78, 5) is 13.1. The molecule has 3 aliphatic rings. The zero-order valence-electron chi connectivity index (χ0n) is 14.2. The lowest BCUT2D eigenvalue weighted by Crippen LogP contribution is -2.49. The van der Waals surface area contributed by atoms with Gasteiger partial charge in [-0.05, 0) is 31.2 Å². The van der Waals surface area contributed by atoms with Crippen molar-refractivity contribution in [1.82, 2.24) is 5.01 Å². The van der Waals surface area contributed by atoms with Gasteiger partial charge in [0.25, 0.3) is 0 Å². The van der Waals surface area contributed by atoms with Gasteiger partial charge in [0.1, 0.15) is 0 Å². The number of fused-ring (bicyclic) bond motifs is 1. The molecule has 0 N–H and O–H groups in total. The molecule has 1 saturated carbocycles. The van der Waals surface area contributed by atoms with E-state index >= 15 is 0 Å². The van der Waals surface area contributed by atoms with E-state index in [-0.39, 0.29) is 17.7 Å². The average Bonchev–Trinajstić information content (AvgIpc) is 2.92. The van der Waals surface area contributed by atoms with Crippen LogP contribution < -0.4 is 0 Å². The van der Waals surface area contributed by atoms with Crippen LogP contribution >= 0.6 is 0 Å². The Morgan fingerprint density at radius 2 is 1.54 bits per heavy atom. The number of rotatable bonds is 2. The predicted octanol–water partition coefficient (Wildman–Crippen LogP) is 4.54. The second kappa shape index (κ2) is 6.92. The van der Waals surface area contributed by atoms with Crippen LogP contribution in [0.15, 0.2) is 47.6 Å². The van der Waals surface area contributed by atoms with Gasteiger partial charge < -0.3 is 0 Å². The lowest BCUT2D eigenvalue weighted by Gasteiger charge is -2.40. The third-order valence-electron chi connectivity index (χ3n) is 5.78. The summed E-state index contributed by atoms with van der Waals surface area (Å²) in [5.41, 5.74) is 2.29. The Kier molecular flexibility index (Phi) is 4.50. The van der Waals surface area contributed by atoms with Gasteiger partial charge in [-0.15, -0.1) is 0 Å². The highest BCUT2D eigenvalue weighted by Gasteiger charge is 2.42. The molecule has 1 aromatic carbocycles. The minimum absolute atomic E-state index is 0.0750. The number of allylic oxidation sites excluding steroid dienone is 2. The predicted molar refractivity (Wildman–Crippen MR) is 96.7 cm³/mol. The van der Waals surface area contributed by atoms with Gasteiger partial charge in [0.15, 0.2) is 0 Å². The van der Waals surface area contributed by atoms with Crippen LogP contribution in [0.1, 0.15) is 56.9 Å². The smallest absolute Gasteiger partial charge is 0.247 e. The maximum Gasteiger partial charge on any atom is 0.247 e. The normalized spacial score (nSPS) is 28.2. The Labute approximate surface area is 144 Å². The summed E-state index contributed by atoms with van der Waals surface area (Å²) >= 11 is 0. The molecule has 4 rings (SSSR count). The Bertz CT molecular complexity index is 641. The van der Waals surface area contributed by atoms with Gasteiger partial charge in [0.2, 0.25) is 5.91 Å². The van der Waals surface area contributed by atoms with E-state index < -0.39 is 0 Å².